The Labute approximate surface area is 224 Å². The molecule has 5 rings (SSSR count). The number of amides is 2. The Bertz CT molecular complexity index is 1400. The molecule has 0 bridgehead atoms. The van der Waals surface area contributed by atoms with E-state index in [1.807, 2.05) is 11.6 Å². The smallest absolute Gasteiger partial charge is 0.255 e. The maximum atomic E-state index is 14.3. The average molecular weight is 539 g/mol. The number of carbonyl (C=O) groups is 3. The van der Waals surface area contributed by atoms with E-state index in [1.165, 1.54) is 7.11 Å². The van der Waals surface area contributed by atoms with Gasteiger partial charge in [0.25, 0.3) is 11.8 Å². The number of aldehydes is 1. The van der Waals surface area contributed by atoms with E-state index in [2.05, 4.69) is 15.3 Å². The molecule has 0 unspecified atom stereocenters. The van der Waals surface area contributed by atoms with Crippen molar-refractivity contribution < 1.29 is 28.2 Å². The number of hydrogen-bond donors (Lipinski definition) is 2. The highest BCUT2D eigenvalue weighted by molar-refractivity contribution is 6.05. The first kappa shape index (κ1) is 26.5. The molecule has 12 heteroatoms. The molecule has 39 heavy (non-hydrogen) atoms. The first-order valence-corrected chi connectivity index (χ1v) is 13.1. The van der Waals surface area contributed by atoms with E-state index in [-0.39, 0.29) is 35.8 Å². The topological polar surface area (TPSA) is 151 Å². The van der Waals surface area contributed by atoms with Gasteiger partial charge in [-0.25, -0.2) is 19.0 Å². The van der Waals surface area contributed by atoms with Crippen molar-refractivity contribution in [1.82, 2.24) is 25.1 Å². The highest BCUT2D eigenvalue weighted by Crippen LogP contribution is 2.37. The molecule has 0 radical (unpaired) electrons. The fourth-order valence-corrected chi connectivity index (χ4v) is 5.57. The van der Waals surface area contributed by atoms with Crippen molar-refractivity contribution in [2.45, 2.75) is 57.3 Å². The van der Waals surface area contributed by atoms with Crippen molar-refractivity contribution in [3.05, 3.63) is 30.2 Å². The minimum atomic E-state index is -1.58. The average Bonchev–Trinajstić information content (AvgIpc) is 3.55. The van der Waals surface area contributed by atoms with Crippen LogP contribution in [0.3, 0.4) is 0 Å². The van der Waals surface area contributed by atoms with Gasteiger partial charge in [0, 0.05) is 34.4 Å². The monoisotopic (exact) mass is 538 g/mol. The normalized spacial score (nSPS) is 24.9. The van der Waals surface area contributed by atoms with Crippen molar-refractivity contribution in [2.75, 3.05) is 13.7 Å². The van der Waals surface area contributed by atoms with Gasteiger partial charge in [0.05, 0.1) is 24.8 Å². The molecule has 11 nitrogen and oxygen atoms in total. The molecular formula is C27H31FN6O5. The second kappa shape index (κ2) is 11.0. The van der Waals surface area contributed by atoms with Crippen LogP contribution in [0.15, 0.2) is 24.7 Å². The van der Waals surface area contributed by atoms with Gasteiger partial charge in [0.1, 0.15) is 25.0 Å². The van der Waals surface area contributed by atoms with Crippen LogP contribution in [-0.4, -0.2) is 63.8 Å². The number of rotatable bonds is 9. The molecule has 1 saturated heterocycles. The Balaban J connectivity index is 1.50. The van der Waals surface area contributed by atoms with E-state index in [0.717, 1.165) is 32.0 Å². The summed E-state index contributed by atoms with van der Waals surface area (Å²) in [5, 5.41) is 8.44. The number of primary amides is 1. The van der Waals surface area contributed by atoms with Crippen LogP contribution in [0.4, 0.5) is 4.39 Å². The van der Waals surface area contributed by atoms with Gasteiger partial charge < -0.3 is 25.3 Å². The van der Waals surface area contributed by atoms with Crippen LogP contribution >= 0.6 is 0 Å². The molecule has 2 fully saturated rings. The fourth-order valence-electron chi connectivity index (χ4n) is 5.57. The number of methoxy groups -OCH3 is 1. The van der Waals surface area contributed by atoms with E-state index in [4.69, 9.17) is 20.3 Å². The molecule has 3 N–H and O–H groups in total. The lowest BCUT2D eigenvalue weighted by Crippen LogP contribution is -2.34. The number of nitrogens with two attached hydrogens (primary N) is 1. The number of alkyl halides is 1. The number of aromatic nitrogens is 4. The lowest BCUT2D eigenvalue weighted by molar-refractivity contribution is -0.124. The van der Waals surface area contributed by atoms with Crippen LogP contribution in [-0.2, 0) is 9.59 Å². The molecule has 3 aromatic rings. The first-order valence-electron chi connectivity index (χ1n) is 13.1. The second-order valence-electron chi connectivity index (χ2n) is 10.1. The highest BCUT2D eigenvalue weighted by Gasteiger charge is 2.41. The Morgan fingerprint density at radius 3 is 2.67 bits per heavy atom. The second-order valence-corrected chi connectivity index (χ2v) is 10.1. The molecule has 2 amide bonds. The lowest BCUT2D eigenvalue weighted by Gasteiger charge is -2.25. The van der Waals surface area contributed by atoms with Gasteiger partial charge in [0.15, 0.2) is 12.0 Å². The van der Waals surface area contributed by atoms with Crippen LogP contribution in [0.5, 0.6) is 11.6 Å². The molecule has 3 heterocycles. The molecule has 3 atom stereocenters. The third kappa shape index (κ3) is 5.02. The van der Waals surface area contributed by atoms with Gasteiger partial charge >= 0.3 is 0 Å². The van der Waals surface area contributed by atoms with Crippen LogP contribution in [0, 0.1) is 11.8 Å². The van der Waals surface area contributed by atoms with Crippen molar-refractivity contribution in [1.29, 1.82) is 0 Å². The van der Waals surface area contributed by atoms with Gasteiger partial charge in [-0.15, -0.1) is 0 Å². The van der Waals surface area contributed by atoms with Crippen LogP contribution in [0.1, 0.15) is 55.4 Å². The molecular weight excluding hydrogens is 507 g/mol. The third-order valence-corrected chi connectivity index (χ3v) is 7.84. The number of nitrogens with zero attached hydrogens (tertiary/aromatic N) is 4. The van der Waals surface area contributed by atoms with Gasteiger partial charge in [0.2, 0.25) is 5.88 Å². The van der Waals surface area contributed by atoms with Crippen LogP contribution < -0.4 is 20.5 Å². The van der Waals surface area contributed by atoms with E-state index in [9.17, 15) is 18.8 Å². The molecule has 1 aliphatic carbocycles. The standard InChI is InChI=1S/C27H31FN6O5/c1-3-16-21(32-26(37)23(16)28)12-39-27-18-9-22(38-2)19(24(29)36)8-17(18)20(10-30-27)25-31-13-34(33-25)15-6-4-14(11-35)5-7-15/h8-11,13-16,21,23H,3-7,12H2,1-2H3,(H2,29,36)(H,32,37)/t14?,15?,16-,21+,23-/m0/s1. The minimum Gasteiger partial charge on any atom is -0.496 e. The van der Waals surface area contributed by atoms with Gasteiger partial charge in [-0.3, -0.25) is 9.59 Å². The number of pyridine rings is 1. The zero-order valence-corrected chi connectivity index (χ0v) is 21.8. The molecule has 1 aromatic carbocycles. The number of ether oxygens (including phenoxy) is 2. The van der Waals surface area contributed by atoms with Gasteiger partial charge in [-0.1, -0.05) is 6.92 Å². The summed E-state index contributed by atoms with van der Waals surface area (Å²) >= 11 is 0. The molecule has 0 spiro atoms. The zero-order valence-electron chi connectivity index (χ0n) is 21.8. The molecule has 206 valence electrons. The lowest BCUT2D eigenvalue weighted by atomic mass is 9.87. The maximum absolute atomic E-state index is 14.3. The van der Waals surface area contributed by atoms with E-state index < -0.39 is 29.9 Å². The summed E-state index contributed by atoms with van der Waals surface area (Å²) in [6, 6.07) is 2.84. The summed E-state index contributed by atoms with van der Waals surface area (Å²) in [5.74, 6) is -0.848. The number of benzene rings is 1. The Morgan fingerprint density at radius 1 is 1.23 bits per heavy atom. The van der Waals surface area contributed by atoms with Crippen molar-refractivity contribution in [2.24, 2.45) is 17.6 Å². The summed E-state index contributed by atoms with van der Waals surface area (Å²) in [7, 11) is 1.43. The van der Waals surface area contributed by atoms with Crippen molar-refractivity contribution in [3.63, 3.8) is 0 Å². The molecule has 2 aliphatic rings. The number of hydrogen-bond acceptors (Lipinski definition) is 8. The third-order valence-electron chi connectivity index (χ3n) is 7.84. The summed E-state index contributed by atoms with van der Waals surface area (Å²) < 4.78 is 27.5. The molecule has 1 aliphatic heterocycles. The number of halogens is 1. The Hall–Kier alpha value is -4.09. The van der Waals surface area contributed by atoms with E-state index in [0.29, 0.717) is 28.6 Å². The van der Waals surface area contributed by atoms with Gasteiger partial charge in [-0.05, 0) is 44.2 Å². The first-order chi connectivity index (χ1) is 18.8. The summed E-state index contributed by atoms with van der Waals surface area (Å²) in [6.45, 7) is 1.84. The Morgan fingerprint density at radius 2 is 2.00 bits per heavy atom. The van der Waals surface area contributed by atoms with Crippen LogP contribution in [0.2, 0.25) is 0 Å². The number of nitrogens with one attached hydrogen (secondary N) is 1. The summed E-state index contributed by atoms with van der Waals surface area (Å²) in [5.41, 5.74) is 6.36. The number of fused-ring (bicyclic) bond motifs is 1. The summed E-state index contributed by atoms with van der Waals surface area (Å²) in [4.78, 5) is 44.2. The maximum Gasteiger partial charge on any atom is 0.255 e. The van der Waals surface area contributed by atoms with Crippen molar-refractivity contribution in [3.8, 4) is 23.0 Å². The SMILES string of the molecule is CC[C@@H]1[C@H](F)C(=O)N[C@@H]1COc1ncc(-c2ncn(C3CCC(C=O)CC3)n2)c2cc(C(N)=O)c(OC)cc12. The molecule has 2 aromatic heterocycles. The fraction of sp³-hybridized carbons (Fsp3) is 0.481. The van der Waals surface area contributed by atoms with Gasteiger partial charge in [-0.2, -0.15) is 5.10 Å². The zero-order chi connectivity index (χ0) is 27.7. The predicted octanol–water partition coefficient (Wildman–Crippen LogP) is 2.77. The Kier molecular flexibility index (Phi) is 7.45. The quantitative estimate of drug-likeness (QED) is 0.395. The van der Waals surface area contributed by atoms with Crippen LogP contribution in [0.25, 0.3) is 22.2 Å². The highest BCUT2D eigenvalue weighted by atomic mass is 19.1. The molecule has 1 saturated carbocycles. The predicted molar refractivity (Wildman–Crippen MR) is 139 cm³/mol. The minimum absolute atomic E-state index is 0.0162. The van der Waals surface area contributed by atoms with E-state index >= 15 is 0 Å². The van der Waals surface area contributed by atoms with E-state index in [1.54, 1.807) is 24.7 Å². The van der Waals surface area contributed by atoms with Crippen molar-refractivity contribution >= 4 is 28.9 Å². The number of carbonyl (C=O) groups excluding carboxylic acids is 3. The largest absolute Gasteiger partial charge is 0.496 e. The summed E-state index contributed by atoms with van der Waals surface area (Å²) in [6.07, 6.45) is 6.42.